The summed E-state index contributed by atoms with van der Waals surface area (Å²) in [6, 6.07) is -0.101. The van der Waals surface area contributed by atoms with Gasteiger partial charge in [-0.3, -0.25) is 9.69 Å². The van der Waals surface area contributed by atoms with Gasteiger partial charge in [-0.15, -0.1) is 0 Å². The fraction of sp³-hybridized carbons (Fsp3) is 0.909. The summed E-state index contributed by atoms with van der Waals surface area (Å²) in [5.74, 6) is 0.667. The number of rotatable bonds is 6. The van der Waals surface area contributed by atoms with Crippen LogP contribution in [0.1, 0.15) is 26.7 Å². The topological polar surface area (TPSA) is 66.5 Å². The minimum Gasteiger partial charge on any atom is -0.298 e. The molecule has 0 aromatic carbocycles. The number of sulfonamides is 1. The first-order valence-corrected chi connectivity index (χ1v) is 7.87. The molecule has 0 spiro atoms. The number of nitrogens with zero attached hydrogens (tertiary/aromatic N) is 1. The quantitative estimate of drug-likeness (QED) is 0.744. The van der Waals surface area contributed by atoms with E-state index < -0.39 is 10.0 Å². The maximum Gasteiger partial charge on any atom is 0.208 e. The molecule has 0 aromatic rings. The molecule has 0 saturated carbocycles. The number of carbonyl (C=O) groups is 1. The molecule has 1 saturated heterocycles. The number of likely N-dealkylation sites (tertiary alicyclic amines) is 1. The Morgan fingerprint density at radius 3 is 2.47 bits per heavy atom. The Hall–Kier alpha value is -0.460. The highest BCUT2D eigenvalue weighted by Gasteiger charge is 2.24. The molecule has 1 aliphatic heterocycles. The minimum absolute atomic E-state index is 0.101. The minimum atomic E-state index is -3.19. The summed E-state index contributed by atoms with van der Waals surface area (Å²) in [7, 11) is -3.19. The molecule has 1 aliphatic rings. The van der Waals surface area contributed by atoms with E-state index in [0.717, 1.165) is 13.0 Å². The zero-order chi connectivity index (χ0) is 13.1. The van der Waals surface area contributed by atoms with Gasteiger partial charge in [0.1, 0.15) is 5.78 Å². The second kappa shape index (κ2) is 5.93. The van der Waals surface area contributed by atoms with Crippen molar-refractivity contribution >= 4 is 15.8 Å². The van der Waals surface area contributed by atoms with Gasteiger partial charge in [0.2, 0.25) is 10.0 Å². The van der Waals surface area contributed by atoms with Crippen molar-refractivity contribution < 1.29 is 13.2 Å². The molecule has 1 atom stereocenters. The highest BCUT2D eigenvalue weighted by atomic mass is 32.2. The van der Waals surface area contributed by atoms with Crippen LogP contribution in [-0.2, 0) is 14.8 Å². The summed E-state index contributed by atoms with van der Waals surface area (Å²) >= 11 is 0. The first-order chi connectivity index (χ1) is 7.76. The van der Waals surface area contributed by atoms with Crippen LogP contribution in [0.15, 0.2) is 0 Å². The van der Waals surface area contributed by atoms with Crippen molar-refractivity contribution in [2.75, 3.05) is 25.9 Å². The van der Waals surface area contributed by atoms with Crippen LogP contribution in [0.5, 0.6) is 0 Å². The van der Waals surface area contributed by atoms with Crippen molar-refractivity contribution in [3.8, 4) is 0 Å². The van der Waals surface area contributed by atoms with E-state index in [-0.39, 0.29) is 11.8 Å². The van der Waals surface area contributed by atoms with Crippen molar-refractivity contribution in [1.29, 1.82) is 0 Å². The Kier molecular flexibility index (Phi) is 5.09. The largest absolute Gasteiger partial charge is 0.298 e. The van der Waals surface area contributed by atoms with Crippen molar-refractivity contribution in [2.45, 2.75) is 32.7 Å². The number of carbonyl (C=O) groups excluding carboxylic acids is 1. The smallest absolute Gasteiger partial charge is 0.208 e. The molecule has 6 heteroatoms. The van der Waals surface area contributed by atoms with Gasteiger partial charge in [0.25, 0.3) is 0 Å². The Labute approximate surface area is 104 Å². The monoisotopic (exact) mass is 262 g/mol. The zero-order valence-electron chi connectivity index (χ0n) is 10.8. The Balaban J connectivity index is 2.54. The van der Waals surface area contributed by atoms with E-state index in [1.807, 2.05) is 4.90 Å². The van der Waals surface area contributed by atoms with Crippen LogP contribution < -0.4 is 4.72 Å². The van der Waals surface area contributed by atoms with Gasteiger partial charge in [0.05, 0.1) is 12.8 Å². The predicted molar refractivity (Wildman–Crippen MR) is 67.3 cm³/mol. The van der Waals surface area contributed by atoms with Crippen LogP contribution in [-0.4, -0.2) is 51.0 Å². The van der Waals surface area contributed by atoms with Gasteiger partial charge in [0.15, 0.2) is 0 Å². The van der Waals surface area contributed by atoms with E-state index >= 15 is 0 Å². The van der Waals surface area contributed by atoms with Crippen molar-refractivity contribution in [3.05, 3.63) is 0 Å². The second-order valence-electron chi connectivity index (χ2n) is 5.24. The highest BCUT2D eigenvalue weighted by Crippen LogP contribution is 2.11. The summed E-state index contributed by atoms with van der Waals surface area (Å²) in [6.07, 6.45) is 2.56. The summed E-state index contributed by atoms with van der Waals surface area (Å²) in [4.78, 5) is 13.2. The van der Waals surface area contributed by atoms with Gasteiger partial charge in [-0.05, 0) is 12.3 Å². The molecule has 0 unspecified atom stereocenters. The lowest BCUT2D eigenvalue weighted by Gasteiger charge is -2.24. The number of nitrogens with one attached hydrogen (secondary N) is 1. The van der Waals surface area contributed by atoms with E-state index in [1.165, 1.54) is 6.26 Å². The van der Waals surface area contributed by atoms with Crippen molar-refractivity contribution in [2.24, 2.45) is 5.92 Å². The molecule has 0 amide bonds. The van der Waals surface area contributed by atoms with Crippen LogP contribution in [0.3, 0.4) is 0 Å². The molecular formula is C11H22N2O3S. The molecule has 1 rings (SSSR count). The summed E-state index contributed by atoms with van der Waals surface area (Å²) in [6.45, 7) is 5.95. The predicted octanol–water partition coefficient (Wildman–Crippen LogP) is 0.225. The van der Waals surface area contributed by atoms with Crippen molar-refractivity contribution in [1.82, 2.24) is 9.62 Å². The fourth-order valence-electron chi connectivity index (χ4n) is 2.19. The molecule has 0 aliphatic carbocycles. The standard InChI is InChI=1S/C11H22N2O3S/c1-9(2)6-10(12-17(3,15)16)7-13-5-4-11(14)8-13/h9-10,12H,4-8H2,1-3H3/t10-/m1/s1. The van der Waals surface area contributed by atoms with E-state index in [1.54, 1.807) is 0 Å². The molecule has 5 nitrogen and oxygen atoms in total. The van der Waals surface area contributed by atoms with Gasteiger partial charge >= 0.3 is 0 Å². The molecule has 1 N–H and O–H groups in total. The van der Waals surface area contributed by atoms with Crippen LogP contribution in [0.4, 0.5) is 0 Å². The third-order valence-corrected chi connectivity index (χ3v) is 3.48. The lowest BCUT2D eigenvalue weighted by Crippen LogP contribution is -2.43. The zero-order valence-corrected chi connectivity index (χ0v) is 11.6. The van der Waals surface area contributed by atoms with E-state index in [2.05, 4.69) is 18.6 Å². The van der Waals surface area contributed by atoms with Gasteiger partial charge in [-0.25, -0.2) is 13.1 Å². The molecule has 17 heavy (non-hydrogen) atoms. The summed E-state index contributed by atoms with van der Waals surface area (Å²) in [5, 5.41) is 0. The van der Waals surface area contributed by atoms with Gasteiger partial charge in [-0.1, -0.05) is 13.8 Å². The lowest BCUT2D eigenvalue weighted by atomic mass is 10.0. The van der Waals surface area contributed by atoms with E-state index in [9.17, 15) is 13.2 Å². The molecular weight excluding hydrogens is 240 g/mol. The number of hydrogen-bond donors (Lipinski definition) is 1. The van der Waals surface area contributed by atoms with Crippen LogP contribution in [0.2, 0.25) is 0 Å². The fourth-order valence-corrected chi connectivity index (χ4v) is 2.97. The first kappa shape index (κ1) is 14.6. The number of hydrogen-bond acceptors (Lipinski definition) is 4. The average molecular weight is 262 g/mol. The van der Waals surface area contributed by atoms with Crippen molar-refractivity contribution in [3.63, 3.8) is 0 Å². The highest BCUT2D eigenvalue weighted by molar-refractivity contribution is 7.88. The molecule has 1 heterocycles. The molecule has 0 bridgehead atoms. The Morgan fingerprint density at radius 2 is 2.06 bits per heavy atom. The average Bonchev–Trinajstić information content (AvgIpc) is 2.46. The summed E-state index contributed by atoms with van der Waals surface area (Å²) in [5.41, 5.74) is 0. The molecule has 0 radical (unpaired) electrons. The van der Waals surface area contributed by atoms with Crippen LogP contribution in [0.25, 0.3) is 0 Å². The van der Waals surface area contributed by atoms with E-state index in [4.69, 9.17) is 0 Å². The normalized spacial score (nSPS) is 20.1. The van der Waals surface area contributed by atoms with Gasteiger partial charge in [0, 0.05) is 25.6 Å². The Bertz CT molecular complexity index is 365. The maximum atomic E-state index is 11.3. The van der Waals surface area contributed by atoms with Crippen LogP contribution >= 0.6 is 0 Å². The summed E-state index contributed by atoms with van der Waals surface area (Å²) < 4.78 is 25.2. The van der Waals surface area contributed by atoms with Gasteiger partial charge in [-0.2, -0.15) is 0 Å². The maximum absolute atomic E-state index is 11.3. The van der Waals surface area contributed by atoms with Crippen LogP contribution in [0, 0.1) is 5.92 Å². The Morgan fingerprint density at radius 1 is 1.41 bits per heavy atom. The molecule has 0 aromatic heterocycles. The first-order valence-electron chi connectivity index (χ1n) is 5.97. The SMILES string of the molecule is CC(C)C[C@H](CN1CCC(=O)C1)NS(C)(=O)=O. The number of ketones is 1. The van der Waals surface area contributed by atoms with Gasteiger partial charge < -0.3 is 0 Å². The molecule has 1 fully saturated rings. The number of Topliss-reactive ketones (excluding diaryl/α,β-unsaturated/α-hetero) is 1. The van der Waals surface area contributed by atoms with E-state index in [0.29, 0.717) is 25.4 Å². The third-order valence-electron chi connectivity index (χ3n) is 2.72. The second-order valence-corrected chi connectivity index (χ2v) is 7.02. The lowest BCUT2D eigenvalue weighted by molar-refractivity contribution is -0.116. The third kappa shape index (κ3) is 6.14. The molecule has 100 valence electrons.